The zero-order valence-corrected chi connectivity index (χ0v) is 10.6. The van der Waals surface area contributed by atoms with E-state index >= 15 is 0 Å². The number of nitrogens with one attached hydrogen (secondary N) is 1. The Kier molecular flexibility index (Phi) is 6.97. The molecule has 1 amide bonds. The smallest absolute Gasteiger partial charge is 0.249 e. The highest BCUT2D eigenvalue weighted by Crippen LogP contribution is 2.06. The van der Waals surface area contributed by atoms with Crippen molar-refractivity contribution in [3.05, 3.63) is 0 Å². The summed E-state index contributed by atoms with van der Waals surface area (Å²) in [4.78, 5) is 22.2. The standard InChI is InChI=1S/C12H23NO3/c1-8(2)5-10(7-14)13-12(16)11(15)6-9(3)4/h7-11,15H,5-6H2,1-4H3,(H,13,16)/t10-,11-/m0/s1. The zero-order valence-electron chi connectivity index (χ0n) is 10.6. The molecule has 94 valence electrons. The van der Waals surface area contributed by atoms with Crippen LogP contribution in [0.4, 0.5) is 0 Å². The van der Waals surface area contributed by atoms with Crippen molar-refractivity contribution < 1.29 is 14.7 Å². The van der Waals surface area contributed by atoms with Crippen LogP contribution >= 0.6 is 0 Å². The molecule has 16 heavy (non-hydrogen) atoms. The Hall–Kier alpha value is -0.900. The largest absolute Gasteiger partial charge is 0.383 e. The fourth-order valence-corrected chi connectivity index (χ4v) is 1.49. The van der Waals surface area contributed by atoms with E-state index in [9.17, 15) is 14.7 Å². The van der Waals surface area contributed by atoms with Crippen molar-refractivity contribution in [3.63, 3.8) is 0 Å². The molecule has 0 aliphatic carbocycles. The van der Waals surface area contributed by atoms with Crippen LogP contribution in [0.2, 0.25) is 0 Å². The number of amides is 1. The Morgan fingerprint density at radius 3 is 2.06 bits per heavy atom. The summed E-state index contributed by atoms with van der Waals surface area (Å²) in [5, 5.41) is 12.1. The number of aliphatic hydroxyl groups is 1. The lowest BCUT2D eigenvalue weighted by Gasteiger charge is -2.18. The van der Waals surface area contributed by atoms with Crippen LogP contribution in [0, 0.1) is 11.8 Å². The Balaban J connectivity index is 4.13. The molecule has 0 aromatic rings. The number of aliphatic hydroxyl groups excluding tert-OH is 1. The third-order valence-electron chi connectivity index (χ3n) is 2.21. The Morgan fingerprint density at radius 2 is 1.69 bits per heavy atom. The summed E-state index contributed by atoms with van der Waals surface area (Å²) in [6.07, 6.45) is 0.720. The first-order valence-corrected chi connectivity index (χ1v) is 5.80. The van der Waals surface area contributed by atoms with Crippen LogP contribution in [0.3, 0.4) is 0 Å². The van der Waals surface area contributed by atoms with E-state index in [4.69, 9.17) is 0 Å². The van der Waals surface area contributed by atoms with Crippen molar-refractivity contribution >= 4 is 12.2 Å². The number of hydrogen-bond donors (Lipinski definition) is 2. The van der Waals surface area contributed by atoms with Gasteiger partial charge in [-0.05, 0) is 24.7 Å². The number of hydrogen-bond acceptors (Lipinski definition) is 3. The van der Waals surface area contributed by atoms with Crippen LogP contribution in [0.5, 0.6) is 0 Å². The normalized spacial score (nSPS) is 14.9. The summed E-state index contributed by atoms with van der Waals surface area (Å²) in [6.45, 7) is 7.82. The van der Waals surface area contributed by atoms with Crippen molar-refractivity contribution in [2.45, 2.75) is 52.7 Å². The van der Waals surface area contributed by atoms with Crippen LogP contribution < -0.4 is 5.32 Å². The molecule has 0 saturated heterocycles. The van der Waals surface area contributed by atoms with Crippen LogP contribution in [-0.4, -0.2) is 29.4 Å². The highest BCUT2D eigenvalue weighted by molar-refractivity contribution is 5.83. The third-order valence-corrected chi connectivity index (χ3v) is 2.21. The molecule has 0 saturated carbocycles. The minimum Gasteiger partial charge on any atom is -0.383 e. The first-order chi connectivity index (χ1) is 7.36. The maximum Gasteiger partial charge on any atom is 0.249 e. The molecular weight excluding hydrogens is 206 g/mol. The maximum absolute atomic E-state index is 11.5. The van der Waals surface area contributed by atoms with Gasteiger partial charge in [0.05, 0.1) is 6.04 Å². The molecule has 0 aliphatic rings. The van der Waals surface area contributed by atoms with Gasteiger partial charge in [0.15, 0.2) is 0 Å². The van der Waals surface area contributed by atoms with Crippen molar-refractivity contribution in [1.82, 2.24) is 5.32 Å². The average Bonchev–Trinajstić information content (AvgIpc) is 2.14. The fourth-order valence-electron chi connectivity index (χ4n) is 1.49. The van der Waals surface area contributed by atoms with Gasteiger partial charge in [0.25, 0.3) is 0 Å². The molecule has 4 nitrogen and oxygen atoms in total. The minimum atomic E-state index is -1.02. The number of aldehydes is 1. The van der Waals surface area contributed by atoms with Crippen molar-refractivity contribution in [2.75, 3.05) is 0 Å². The van der Waals surface area contributed by atoms with Crippen LogP contribution in [0.25, 0.3) is 0 Å². The van der Waals surface area contributed by atoms with E-state index in [1.165, 1.54) is 0 Å². The van der Waals surface area contributed by atoms with E-state index in [0.29, 0.717) is 18.8 Å². The summed E-state index contributed by atoms with van der Waals surface area (Å²) in [7, 11) is 0. The molecule has 0 fully saturated rings. The molecule has 0 aliphatic heterocycles. The van der Waals surface area contributed by atoms with E-state index in [0.717, 1.165) is 6.29 Å². The highest BCUT2D eigenvalue weighted by Gasteiger charge is 2.20. The first kappa shape index (κ1) is 15.1. The summed E-state index contributed by atoms with van der Waals surface area (Å²) in [5.74, 6) is 0.129. The van der Waals surface area contributed by atoms with Gasteiger partial charge in [-0.2, -0.15) is 0 Å². The quantitative estimate of drug-likeness (QED) is 0.643. The van der Waals surface area contributed by atoms with E-state index < -0.39 is 18.1 Å². The topological polar surface area (TPSA) is 66.4 Å². The van der Waals surface area contributed by atoms with E-state index in [-0.39, 0.29) is 5.92 Å². The average molecular weight is 229 g/mol. The third kappa shape index (κ3) is 6.56. The highest BCUT2D eigenvalue weighted by atomic mass is 16.3. The predicted octanol–water partition coefficient (Wildman–Crippen LogP) is 1.12. The van der Waals surface area contributed by atoms with Crippen molar-refractivity contribution in [1.29, 1.82) is 0 Å². The molecule has 2 atom stereocenters. The van der Waals surface area contributed by atoms with Gasteiger partial charge in [-0.15, -0.1) is 0 Å². The summed E-state index contributed by atoms with van der Waals surface area (Å²) >= 11 is 0. The number of carbonyl (C=O) groups excluding carboxylic acids is 2. The van der Waals surface area contributed by atoms with E-state index in [1.807, 2.05) is 27.7 Å². The summed E-state index contributed by atoms with van der Waals surface area (Å²) in [6, 6.07) is -0.491. The van der Waals surface area contributed by atoms with Gasteiger partial charge >= 0.3 is 0 Å². The summed E-state index contributed by atoms with van der Waals surface area (Å²) in [5.41, 5.74) is 0. The fraction of sp³-hybridized carbons (Fsp3) is 0.833. The number of rotatable bonds is 7. The molecule has 0 spiro atoms. The van der Waals surface area contributed by atoms with Gasteiger partial charge in [0.2, 0.25) is 5.91 Å². The SMILES string of the molecule is CC(C)C[C@@H](C=O)NC(=O)[C@@H](O)CC(C)C. The lowest BCUT2D eigenvalue weighted by Crippen LogP contribution is -2.43. The molecule has 0 aromatic carbocycles. The molecule has 0 heterocycles. The number of carbonyl (C=O) groups is 2. The van der Waals surface area contributed by atoms with Gasteiger partial charge in [0, 0.05) is 0 Å². The molecule has 0 aromatic heterocycles. The lowest BCUT2D eigenvalue weighted by molar-refractivity contribution is -0.132. The van der Waals surface area contributed by atoms with Gasteiger partial charge in [-0.25, -0.2) is 0 Å². The maximum atomic E-state index is 11.5. The monoisotopic (exact) mass is 229 g/mol. The summed E-state index contributed by atoms with van der Waals surface area (Å²) < 4.78 is 0. The van der Waals surface area contributed by atoms with E-state index in [1.54, 1.807) is 0 Å². The van der Waals surface area contributed by atoms with E-state index in [2.05, 4.69) is 5.32 Å². The van der Waals surface area contributed by atoms with Gasteiger partial charge in [-0.1, -0.05) is 27.7 Å². The van der Waals surface area contributed by atoms with Crippen LogP contribution in [-0.2, 0) is 9.59 Å². The van der Waals surface area contributed by atoms with Crippen LogP contribution in [0.1, 0.15) is 40.5 Å². The molecule has 0 rings (SSSR count). The second kappa shape index (κ2) is 7.39. The molecule has 0 unspecified atom stereocenters. The zero-order chi connectivity index (χ0) is 12.7. The molecular formula is C12H23NO3. The van der Waals surface area contributed by atoms with Gasteiger partial charge < -0.3 is 15.2 Å². The van der Waals surface area contributed by atoms with Crippen molar-refractivity contribution in [2.24, 2.45) is 11.8 Å². The first-order valence-electron chi connectivity index (χ1n) is 5.80. The molecule has 0 radical (unpaired) electrons. The molecule has 4 heteroatoms. The molecule has 0 bridgehead atoms. The van der Waals surface area contributed by atoms with Crippen molar-refractivity contribution in [3.8, 4) is 0 Å². The van der Waals surface area contributed by atoms with Gasteiger partial charge in [0.1, 0.15) is 12.4 Å². The predicted molar refractivity (Wildman–Crippen MR) is 62.9 cm³/mol. The molecule has 2 N–H and O–H groups in total. The Morgan fingerprint density at radius 1 is 1.19 bits per heavy atom. The minimum absolute atomic E-state index is 0.250. The van der Waals surface area contributed by atoms with Gasteiger partial charge in [-0.3, -0.25) is 4.79 Å². The second-order valence-electron chi connectivity index (χ2n) is 5.03. The second-order valence-corrected chi connectivity index (χ2v) is 5.03. The lowest BCUT2D eigenvalue weighted by atomic mass is 10.0. The Labute approximate surface area is 97.4 Å². The van der Waals surface area contributed by atoms with Crippen LogP contribution in [0.15, 0.2) is 0 Å². The Bertz CT molecular complexity index is 226.